The summed E-state index contributed by atoms with van der Waals surface area (Å²) in [5.74, 6) is 2.57. The zero-order valence-electron chi connectivity index (χ0n) is 60.0. The van der Waals surface area contributed by atoms with Crippen molar-refractivity contribution in [3.05, 3.63) is 115 Å². The topological polar surface area (TPSA) is 434 Å². The van der Waals surface area contributed by atoms with Gasteiger partial charge >= 0.3 is 0 Å². The molecule has 16 N–H and O–H groups in total. The fourth-order valence-electron chi connectivity index (χ4n) is 14.0. The van der Waals surface area contributed by atoms with Gasteiger partial charge in [0.05, 0.1) is 79.3 Å². The molecule has 584 valence electrons. The predicted molar refractivity (Wildman–Crippen MR) is 372 cm³/mol. The number of aliphatic hydroxyl groups is 16. The first-order valence-electron chi connectivity index (χ1n) is 37.0. The number of aryl methyl sites for hydroxylation is 4. The quantitative estimate of drug-likeness (QED) is 0.0243. The van der Waals surface area contributed by atoms with Crippen LogP contribution in [0.5, 0.6) is 23.0 Å². The van der Waals surface area contributed by atoms with E-state index in [0.717, 1.165) is 66.8 Å². The molecule has 28 heteroatoms. The van der Waals surface area contributed by atoms with E-state index in [-0.39, 0.29) is 52.1 Å². The Morgan fingerprint density at radius 2 is 0.452 bits per heavy atom. The highest BCUT2D eigenvalue weighted by Gasteiger charge is 2.48. The molecule has 0 saturated carbocycles. The molecule has 0 spiro atoms. The number of benzene rings is 4. The molecule has 4 aromatic rings. The Labute approximate surface area is 607 Å². The molecular formula is C76H112O28. The minimum absolute atomic E-state index is 0.0458. The lowest BCUT2D eigenvalue weighted by Gasteiger charge is -2.39. The number of fused-ring (bicyclic) bond motifs is 8. The third-order valence-corrected chi connectivity index (χ3v) is 19.5. The van der Waals surface area contributed by atoms with Crippen LogP contribution in [0.3, 0.4) is 0 Å². The van der Waals surface area contributed by atoms with Crippen molar-refractivity contribution in [2.45, 2.75) is 253 Å². The van der Waals surface area contributed by atoms with Crippen LogP contribution in [0.4, 0.5) is 0 Å². The molecule has 4 aromatic carbocycles. The van der Waals surface area contributed by atoms with E-state index in [4.69, 9.17) is 56.8 Å². The third kappa shape index (κ3) is 20.9. The average Bonchev–Trinajstić information content (AvgIpc) is 0.769. The van der Waals surface area contributed by atoms with Gasteiger partial charge in [0.15, 0.2) is 25.2 Å². The first kappa shape index (κ1) is 83.2. The highest BCUT2D eigenvalue weighted by Crippen LogP contribution is 2.42. The van der Waals surface area contributed by atoms with Crippen LogP contribution >= 0.6 is 0 Å². The van der Waals surface area contributed by atoms with Crippen LogP contribution in [0.15, 0.2) is 48.5 Å². The molecule has 5 aliphatic rings. The van der Waals surface area contributed by atoms with Gasteiger partial charge in [0.2, 0.25) is 0 Å². The van der Waals surface area contributed by atoms with Gasteiger partial charge in [0.25, 0.3) is 0 Å². The summed E-state index contributed by atoms with van der Waals surface area (Å²) in [6.45, 7) is 7.22. The summed E-state index contributed by atoms with van der Waals surface area (Å²) >= 11 is 0. The molecule has 4 saturated heterocycles. The Hall–Kier alpha value is -4.88. The van der Waals surface area contributed by atoms with Gasteiger partial charge in [0, 0.05) is 25.7 Å². The summed E-state index contributed by atoms with van der Waals surface area (Å²) in [7, 11) is 0. The molecular weight excluding hydrogens is 1360 g/mol. The fourth-order valence-corrected chi connectivity index (χ4v) is 14.0. The summed E-state index contributed by atoms with van der Waals surface area (Å²) in [5.41, 5.74) is 10.2. The van der Waals surface area contributed by atoms with Crippen molar-refractivity contribution >= 4 is 0 Å². The van der Waals surface area contributed by atoms with E-state index < -0.39 is 149 Å². The normalized spacial score (nSPS) is 30.1. The van der Waals surface area contributed by atoms with Gasteiger partial charge in [-0.25, -0.2) is 0 Å². The molecule has 8 bridgehead atoms. The van der Waals surface area contributed by atoms with Crippen LogP contribution in [0.25, 0.3) is 0 Å². The fraction of sp³-hybridized carbons (Fsp3) is 0.684. The predicted octanol–water partition coefficient (Wildman–Crippen LogP) is 0.515. The number of hydrogen-bond acceptors (Lipinski definition) is 28. The minimum atomic E-state index is -1.63. The van der Waals surface area contributed by atoms with E-state index in [0.29, 0.717) is 126 Å². The van der Waals surface area contributed by atoms with Crippen LogP contribution in [0, 0.1) is 0 Å². The lowest BCUT2D eigenvalue weighted by molar-refractivity contribution is -0.301. The summed E-state index contributed by atoms with van der Waals surface area (Å²) in [4.78, 5) is 0. The Morgan fingerprint density at radius 1 is 0.269 bits per heavy atom. The average molecular weight is 1470 g/mol. The second-order valence-electron chi connectivity index (χ2n) is 27.8. The maximum absolute atomic E-state index is 10.9. The van der Waals surface area contributed by atoms with Crippen molar-refractivity contribution in [3.8, 4) is 23.0 Å². The SMILES string of the molecule is CCCOc1c2cc(CCCO[C@@H]3O[C@H](CO)[C@@H](O)[C@H](O)[C@H]3O)cc1Cc1cc(CCCO[C@@H]3O[C@H](CO)[C@@H](O)[C@H](O)[C@H]3O)cc(c1OCCC)Cc1cc(CCCO[C@@H]3O[C@H](CO)[C@@H](O)[C@H](O)[C@H]3O)cc(c1OCCC)Cc1cc(CCCO[C@@H]3O[C@H](CO)[C@@H](O)[C@H](O)[C@H]3O)cc(c1OCCC)C2. The van der Waals surface area contributed by atoms with Crippen LogP contribution in [-0.2, 0) is 89.3 Å². The van der Waals surface area contributed by atoms with Crippen molar-refractivity contribution in [1.82, 2.24) is 0 Å². The Balaban J connectivity index is 1.19. The highest BCUT2D eigenvalue weighted by molar-refractivity contribution is 5.59. The lowest BCUT2D eigenvalue weighted by atomic mass is 9.87. The first-order valence-corrected chi connectivity index (χ1v) is 37.0. The number of aliphatic hydroxyl groups excluding tert-OH is 16. The molecule has 20 atom stereocenters. The van der Waals surface area contributed by atoms with E-state index in [1.165, 1.54) is 0 Å². The van der Waals surface area contributed by atoms with Crippen LogP contribution in [0.2, 0.25) is 0 Å². The zero-order valence-corrected chi connectivity index (χ0v) is 60.0. The van der Waals surface area contributed by atoms with Gasteiger partial charge in [0.1, 0.15) is 121 Å². The molecule has 4 fully saturated rings. The summed E-state index contributed by atoms with van der Waals surface area (Å²) < 4.78 is 74.9. The number of ether oxygens (including phenoxy) is 12. The first-order chi connectivity index (χ1) is 50.2. The summed E-state index contributed by atoms with van der Waals surface area (Å²) in [6.07, 6.45) is -22.1. The highest BCUT2D eigenvalue weighted by atomic mass is 16.7. The monoisotopic (exact) mass is 1470 g/mol. The smallest absolute Gasteiger partial charge is 0.186 e. The Bertz CT molecular complexity index is 2740. The standard InChI is InChI=1S/C76H112O28/c1-5-17-93-69-45-25-41(13-9-21-97-73-65(89)61(85)57(81)53(37-77)101-73)26-46(69)34-48-28-43(15-11-23-99-75-67(91)63(87)59(83)55(39-79)103-75)30-50(71(48)95-19-7-3)36-52-32-44(16-12-24-100-76-68(92)64(88)60(84)56(40-80)104-76)31-51(72(52)96-20-8-4)35-49-29-42(27-47(33-45)70(49)94-18-6-2)14-10-22-98-74-66(90)62(86)58(82)54(38-78)102-74/h25-32,53-68,73-92H,5-24,33-40H2,1-4H3/t53-,54-,55-,56-,57-,58-,59-,60-,61+,62+,63+,64+,65-,66-,67-,68-,73-,74-,75-,76-/m1/s1. The second-order valence-corrected chi connectivity index (χ2v) is 27.8. The zero-order chi connectivity index (χ0) is 74.7. The van der Waals surface area contributed by atoms with Crippen molar-refractivity contribution in [2.24, 2.45) is 0 Å². The van der Waals surface area contributed by atoms with E-state index in [1.54, 1.807) is 0 Å². The summed E-state index contributed by atoms with van der Waals surface area (Å²) in [6, 6.07) is 16.9. The Kier molecular flexibility index (Phi) is 32.4. The lowest BCUT2D eigenvalue weighted by Crippen LogP contribution is -2.59. The van der Waals surface area contributed by atoms with E-state index >= 15 is 0 Å². The number of rotatable bonds is 36. The third-order valence-electron chi connectivity index (χ3n) is 19.5. The maximum atomic E-state index is 10.9. The van der Waals surface area contributed by atoms with Gasteiger partial charge in [-0.2, -0.15) is 0 Å². The van der Waals surface area contributed by atoms with Crippen molar-refractivity contribution in [3.63, 3.8) is 0 Å². The minimum Gasteiger partial charge on any atom is -0.493 e. The molecule has 28 nitrogen and oxygen atoms in total. The van der Waals surface area contributed by atoms with Crippen LogP contribution < -0.4 is 18.9 Å². The van der Waals surface area contributed by atoms with E-state index in [2.05, 4.69) is 48.5 Å². The van der Waals surface area contributed by atoms with Crippen molar-refractivity contribution < 1.29 is 139 Å². The molecule has 0 amide bonds. The van der Waals surface area contributed by atoms with Crippen LogP contribution in [0.1, 0.15) is 146 Å². The molecule has 0 aromatic heterocycles. The largest absolute Gasteiger partial charge is 0.493 e. The molecule has 0 radical (unpaired) electrons. The molecule has 1 aliphatic carbocycles. The molecule has 4 heterocycles. The molecule has 9 rings (SSSR count). The van der Waals surface area contributed by atoms with Gasteiger partial charge in [-0.1, -0.05) is 76.2 Å². The summed E-state index contributed by atoms with van der Waals surface area (Å²) in [5, 5.41) is 168. The van der Waals surface area contributed by atoms with Crippen molar-refractivity contribution in [1.29, 1.82) is 0 Å². The van der Waals surface area contributed by atoms with Crippen LogP contribution in [-0.4, -0.2) is 284 Å². The second kappa shape index (κ2) is 40.5. The van der Waals surface area contributed by atoms with Gasteiger partial charge in [-0.3, -0.25) is 0 Å². The van der Waals surface area contributed by atoms with Gasteiger partial charge < -0.3 is 139 Å². The Morgan fingerprint density at radius 3 is 0.615 bits per heavy atom. The maximum Gasteiger partial charge on any atom is 0.186 e. The van der Waals surface area contributed by atoms with Gasteiger partial charge in [-0.15, -0.1) is 0 Å². The molecule has 4 aliphatic heterocycles. The number of hydrogen-bond donors (Lipinski definition) is 16. The van der Waals surface area contributed by atoms with Gasteiger partial charge in [-0.05, 0) is 144 Å². The van der Waals surface area contributed by atoms with E-state index in [1.807, 2.05) is 27.7 Å². The van der Waals surface area contributed by atoms with E-state index in [9.17, 15) is 81.7 Å². The molecule has 104 heavy (non-hydrogen) atoms. The molecule has 0 unspecified atom stereocenters. The van der Waals surface area contributed by atoms with Crippen molar-refractivity contribution in [2.75, 3.05) is 79.3 Å².